The highest BCUT2D eigenvalue weighted by molar-refractivity contribution is 6.12. The molecule has 0 spiro atoms. The predicted molar refractivity (Wildman–Crippen MR) is 120 cm³/mol. The molecule has 0 aromatic heterocycles. The first-order chi connectivity index (χ1) is 14.9. The molecule has 0 amide bonds. The Balaban J connectivity index is 1.75. The molecule has 1 aliphatic heterocycles. The van der Waals surface area contributed by atoms with Gasteiger partial charge in [-0.1, -0.05) is 42.0 Å². The molecule has 160 valence electrons. The van der Waals surface area contributed by atoms with Gasteiger partial charge in [0.1, 0.15) is 11.5 Å². The Morgan fingerprint density at radius 3 is 2.16 bits per heavy atom. The smallest absolute Gasteiger partial charge is 0.336 e. The van der Waals surface area contributed by atoms with Crippen LogP contribution >= 0.6 is 0 Å². The summed E-state index contributed by atoms with van der Waals surface area (Å²) in [6, 6.07) is 15.9. The van der Waals surface area contributed by atoms with E-state index in [9.17, 15) is 9.59 Å². The summed E-state index contributed by atoms with van der Waals surface area (Å²) in [6.07, 6.45) is 1.11. The van der Waals surface area contributed by atoms with Gasteiger partial charge in [0.25, 0.3) is 0 Å². The minimum absolute atomic E-state index is 0.0690. The van der Waals surface area contributed by atoms with Crippen molar-refractivity contribution < 1.29 is 19.1 Å². The van der Waals surface area contributed by atoms with Crippen molar-refractivity contribution in [2.24, 2.45) is 10.9 Å². The van der Waals surface area contributed by atoms with E-state index in [4.69, 9.17) is 14.5 Å². The van der Waals surface area contributed by atoms with Crippen LogP contribution in [0.25, 0.3) is 0 Å². The molecule has 31 heavy (non-hydrogen) atoms. The Morgan fingerprint density at radius 1 is 0.903 bits per heavy atom. The molecule has 1 unspecified atom stereocenters. The van der Waals surface area contributed by atoms with E-state index >= 15 is 0 Å². The first kappa shape index (κ1) is 21.0. The van der Waals surface area contributed by atoms with Crippen molar-refractivity contribution in [3.05, 3.63) is 76.5 Å². The van der Waals surface area contributed by atoms with E-state index < -0.39 is 11.9 Å². The highest BCUT2D eigenvalue weighted by Gasteiger charge is 2.45. The number of ketones is 1. The average Bonchev–Trinajstić information content (AvgIpc) is 2.78. The summed E-state index contributed by atoms with van der Waals surface area (Å²) >= 11 is 0. The summed E-state index contributed by atoms with van der Waals surface area (Å²) in [5, 5.41) is 0. The molecule has 1 heterocycles. The monoisotopic (exact) mass is 417 g/mol. The standard InChI is InChI=1S/C26H27NO4/c1-15-5-7-18(8-6-15)24-23(26(29)31-4)16(2)27-21-13-19(14-22(28)25(21)24)17-9-11-20(30-3)12-10-17/h5-12,19,24-25H,13-14H2,1-4H3/t19-,24-,25?/m1/s1. The molecule has 1 saturated carbocycles. The molecule has 0 saturated heterocycles. The number of hydrogen-bond donors (Lipinski definition) is 0. The van der Waals surface area contributed by atoms with Crippen LogP contribution in [-0.4, -0.2) is 31.7 Å². The second kappa shape index (κ2) is 8.50. The number of aryl methyl sites for hydroxylation is 1. The maximum absolute atomic E-state index is 13.5. The highest BCUT2D eigenvalue weighted by atomic mass is 16.5. The quantitative estimate of drug-likeness (QED) is 0.674. The number of fused-ring (bicyclic) bond motifs is 1. The number of carbonyl (C=O) groups excluding carboxylic acids is 2. The van der Waals surface area contributed by atoms with Crippen molar-refractivity contribution in [2.75, 3.05) is 14.2 Å². The fraction of sp³-hybridized carbons (Fsp3) is 0.346. The van der Waals surface area contributed by atoms with Crippen LogP contribution in [0.3, 0.4) is 0 Å². The number of aliphatic imine (C=N–C) groups is 1. The molecule has 0 N–H and O–H groups in total. The number of esters is 1. The minimum Gasteiger partial charge on any atom is -0.497 e. The van der Waals surface area contributed by atoms with Gasteiger partial charge in [-0.3, -0.25) is 9.79 Å². The maximum Gasteiger partial charge on any atom is 0.336 e. The molecule has 3 atom stereocenters. The van der Waals surface area contributed by atoms with Gasteiger partial charge in [-0.25, -0.2) is 4.79 Å². The third-order valence-electron chi connectivity index (χ3n) is 6.38. The number of hydrogen-bond acceptors (Lipinski definition) is 5. The topological polar surface area (TPSA) is 65.0 Å². The average molecular weight is 418 g/mol. The van der Waals surface area contributed by atoms with Crippen LogP contribution in [-0.2, 0) is 14.3 Å². The fourth-order valence-electron chi connectivity index (χ4n) is 4.80. The van der Waals surface area contributed by atoms with Crippen LogP contribution < -0.4 is 4.74 Å². The van der Waals surface area contributed by atoms with Gasteiger partial charge in [0.2, 0.25) is 0 Å². The first-order valence-corrected chi connectivity index (χ1v) is 10.5. The fourth-order valence-corrected chi connectivity index (χ4v) is 4.80. The molecule has 0 radical (unpaired) electrons. The zero-order valence-corrected chi connectivity index (χ0v) is 18.3. The third kappa shape index (κ3) is 3.92. The number of nitrogens with zero attached hydrogens (tertiary/aromatic N) is 1. The maximum atomic E-state index is 13.5. The van der Waals surface area contributed by atoms with Crippen molar-refractivity contribution in [2.45, 2.75) is 38.5 Å². The molecule has 1 fully saturated rings. The van der Waals surface area contributed by atoms with E-state index in [0.717, 1.165) is 28.2 Å². The number of ether oxygens (including phenoxy) is 2. The third-order valence-corrected chi connectivity index (χ3v) is 6.38. The number of methoxy groups -OCH3 is 2. The van der Waals surface area contributed by atoms with E-state index in [-0.39, 0.29) is 17.6 Å². The summed E-state index contributed by atoms with van der Waals surface area (Å²) in [5.41, 5.74) is 5.14. The lowest BCUT2D eigenvalue weighted by Gasteiger charge is -2.38. The highest BCUT2D eigenvalue weighted by Crippen LogP contribution is 2.46. The largest absolute Gasteiger partial charge is 0.497 e. The summed E-state index contributed by atoms with van der Waals surface area (Å²) in [6.45, 7) is 3.85. The van der Waals surface area contributed by atoms with E-state index in [1.54, 1.807) is 7.11 Å². The molecule has 0 bridgehead atoms. The van der Waals surface area contributed by atoms with E-state index in [2.05, 4.69) is 0 Å². The lowest BCUT2D eigenvalue weighted by atomic mass is 9.66. The van der Waals surface area contributed by atoms with Crippen LogP contribution in [0.1, 0.15) is 48.3 Å². The zero-order valence-electron chi connectivity index (χ0n) is 18.3. The van der Waals surface area contributed by atoms with Crippen molar-refractivity contribution in [1.82, 2.24) is 0 Å². The predicted octanol–water partition coefficient (Wildman–Crippen LogP) is 4.75. The van der Waals surface area contributed by atoms with Gasteiger partial charge in [-0.15, -0.1) is 0 Å². The lowest BCUT2D eigenvalue weighted by molar-refractivity contribution is -0.136. The van der Waals surface area contributed by atoms with E-state index in [0.29, 0.717) is 24.1 Å². The molecule has 1 aliphatic carbocycles. The van der Waals surface area contributed by atoms with E-state index in [1.807, 2.05) is 62.4 Å². The summed E-state index contributed by atoms with van der Waals surface area (Å²) < 4.78 is 10.3. The Hall–Kier alpha value is -3.21. The SMILES string of the molecule is COC(=O)C1=C(C)N=C2C[C@@H](c3ccc(OC)cc3)CC(=O)C2[C@@H]1c1ccc(C)cc1. The molecule has 2 aliphatic rings. The Labute approximate surface area is 182 Å². The Morgan fingerprint density at radius 2 is 1.55 bits per heavy atom. The summed E-state index contributed by atoms with van der Waals surface area (Å²) in [4.78, 5) is 30.9. The number of Topliss-reactive ketones (excluding diaryl/α,β-unsaturated/α-hetero) is 1. The number of carbonyl (C=O) groups is 2. The van der Waals surface area contributed by atoms with Crippen molar-refractivity contribution >= 4 is 17.5 Å². The van der Waals surface area contributed by atoms with Crippen LogP contribution in [0.4, 0.5) is 0 Å². The first-order valence-electron chi connectivity index (χ1n) is 10.5. The van der Waals surface area contributed by atoms with Gasteiger partial charge in [0.15, 0.2) is 0 Å². The second-order valence-corrected chi connectivity index (χ2v) is 8.30. The molecule has 5 heteroatoms. The molecular formula is C26H27NO4. The van der Waals surface area contributed by atoms with Crippen LogP contribution in [0.15, 0.2) is 64.8 Å². The lowest BCUT2D eigenvalue weighted by Crippen LogP contribution is -2.41. The molecule has 2 aromatic carbocycles. The zero-order chi connectivity index (χ0) is 22.1. The summed E-state index contributed by atoms with van der Waals surface area (Å²) in [5.74, 6) is -0.250. The van der Waals surface area contributed by atoms with Gasteiger partial charge in [0, 0.05) is 23.7 Å². The van der Waals surface area contributed by atoms with Crippen molar-refractivity contribution in [3.63, 3.8) is 0 Å². The van der Waals surface area contributed by atoms with Gasteiger partial charge in [0.05, 0.1) is 25.7 Å². The van der Waals surface area contributed by atoms with Crippen molar-refractivity contribution in [1.29, 1.82) is 0 Å². The molecular weight excluding hydrogens is 390 g/mol. The molecule has 5 nitrogen and oxygen atoms in total. The van der Waals surface area contributed by atoms with Crippen LogP contribution in [0.5, 0.6) is 5.75 Å². The van der Waals surface area contributed by atoms with Crippen molar-refractivity contribution in [3.8, 4) is 5.75 Å². The van der Waals surface area contributed by atoms with Gasteiger partial charge >= 0.3 is 5.97 Å². The van der Waals surface area contributed by atoms with E-state index in [1.165, 1.54) is 7.11 Å². The van der Waals surface area contributed by atoms with Gasteiger partial charge in [-0.05, 0) is 49.4 Å². The number of rotatable bonds is 4. The Kier molecular flexibility index (Phi) is 5.77. The molecule has 4 rings (SSSR count). The van der Waals surface area contributed by atoms with Crippen LogP contribution in [0, 0.1) is 12.8 Å². The second-order valence-electron chi connectivity index (χ2n) is 8.30. The molecule has 2 aromatic rings. The summed E-state index contributed by atoms with van der Waals surface area (Å²) in [7, 11) is 3.01. The Bertz CT molecular complexity index is 1060. The van der Waals surface area contributed by atoms with Crippen LogP contribution in [0.2, 0.25) is 0 Å². The van der Waals surface area contributed by atoms with Gasteiger partial charge in [-0.2, -0.15) is 0 Å². The van der Waals surface area contributed by atoms with Gasteiger partial charge < -0.3 is 9.47 Å². The minimum atomic E-state index is -0.435. The normalized spacial score (nSPS) is 23.2. The number of benzene rings is 2. The number of allylic oxidation sites excluding steroid dienone is 1.